The van der Waals surface area contributed by atoms with Gasteiger partial charge in [0.2, 0.25) is 0 Å². The summed E-state index contributed by atoms with van der Waals surface area (Å²) < 4.78 is 11.4. The quantitative estimate of drug-likeness (QED) is 0.886. The number of nitrogens with one attached hydrogen (secondary N) is 1. The Morgan fingerprint density at radius 2 is 2.00 bits per heavy atom. The van der Waals surface area contributed by atoms with Gasteiger partial charge >= 0.3 is 0 Å². The van der Waals surface area contributed by atoms with E-state index in [0.29, 0.717) is 5.82 Å². The summed E-state index contributed by atoms with van der Waals surface area (Å²) in [6.45, 7) is 1.53. The maximum atomic E-state index is 6.09. The molecule has 2 heterocycles. The van der Waals surface area contributed by atoms with Gasteiger partial charge in [0.05, 0.1) is 19.4 Å². The van der Waals surface area contributed by atoms with Gasteiger partial charge in [-0.1, -0.05) is 18.2 Å². The van der Waals surface area contributed by atoms with Crippen LogP contribution >= 0.6 is 0 Å². The van der Waals surface area contributed by atoms with Gasteiger partial charge < -0.3 is 15.2 Å². The lowest BCUT2D eigenvalue weighted by Gasteiger charge is -2.24. The van der Waals surface area contributed by atoms with E-state index in [-0.39, 0.29) is 6.10 Å². The second kappa shape index (κ2) is 5.32. The highest BCUT2D eigenvalue weighted by Crippen LogP contribution is 2.33. The number of H-pyrrole nitrogens is 1. The molecule has 0 saturated carbocycles. The summed E-state index contributed by atoms with van der Waals surface area (Å²) in [5.74, 6) is 1.41. The number of nitrogen functional groups attached to an aromatic ring is 1. The Hall–Kier alpha value is -2.01. The van der Waals surface area contributed by atoms with Gasteiger partial charge in [-0.15, -0.1) is 0 Å². The minimum atomic E-state index is 0.211. The van der Waals surface area contributed by atoms with E-state index >= 15 is 0 Å². The minimum Gasteiger partial charge on any atom is -0.490 e. The first-order chi connectivity index (χ1) is 9.34. The van der Waals surface area contributed by atoms with E-state index < -0.39 is 0 Å². The Morgan fingerprint density at radius 1 is 1.21 bits per heavy atom. The number of nitrogens with zero attached hydrogens (tertiary/aromatic N) is 1. The SMILES string of the molecule is Nc1[nH]ncc1-c1ccccc1OC1CCOCC1. The zero-order valence-electron chi connectivity index (χ0n) is 10.6. The molecular weight excluding hydrogens is 242 g/mol. The lowest BCUT2D eigenvalue weighted by molar-refractivity contribution is 0.0258. The average Bonchev–Trinajstić information content (AvgIpc) is 2.87. The van der Waals surface area contributed by atoms with Crippen LogP contribution in [0.1, 0.15) is 12.8 Å². The second-order valence-corrected chi connectivity index (χ2v) is 4.62. The van der Waals surface area contributed by atoms with E-state index in [0.717, 1.165) is 42.9 Å². The van der Waals surface area contributed by atoms with Crippen LogP contribution in [0.15, 0.2) is 30.5 Å². The molecule has 3 N–H and O–H groups in total. The lowest BCUT2D eigenvalue weighted by atomic mass is 10.1. The molecule has 100 valence electrons. The molecule has 0 bridgehead atoms. The van der Waals surface area contributed by atoms with Crippen LogP contribution in [0.5, 0.6) is 5.75 Å². The van der Waals surface area contributed by atoms with Gasteiger partial charge in [-0.25, -0.2) is 0 Å². The van der Waals surface area contributed by atoms with Crippen molar-refractivity contribution in [3.8, 4) is 16.9 Å². The summed E-state index contributed by atoms with van der Waals surface area (Å²) in [4.78, 5) is 0. The van der Waals surface area contributed by atoms with Gasteiger partial charge in [0, 0.05) is 24.0 Å². The third-order valence-electron chi connectivity index (χ3n) is 3.31. The molecule has 0 aliphatic carbocycles. The van der Waals surface area contributed by atoms with Crippen molar-refractivity contribution >= 4 is 5.82 Å². The third-order valence-corrected chi connectivity index (χ3v) is 3.31. The number of nitrogens with two attached hydrogens (primary N) is 1. The number of hydrogen-bond donors (Lipinski definition) is 2. The number of aromatic nitrogens is 2. The summed E-state index contributed by atoms with van der Waals surface area (Å²) in [6, 6.07) is 7.90. The molecule has 1 saturated heterocycles. The Kier molecular flexibility index (Phi) is 3.37. The van der Waals surface area contributed by atoms with Crippen molar-refractivity contribution in [3.05, 3.63) is 30.5 Å². The summed E-state index contributed by atoms with van der Waals surface area (Å²) >= 11 is 0. The molecule has 1 aromatic carbocycles. The summed E-state index contributed by atoms with van der Waals surface area (Å²) in [7, 11) is 0. The van der Waals surface area contributed by atoms with Gasteiger partial charge in [0.1, 0.15) is 17.7 Å². The maximum Gasteiger partial charge on any atom is 0.127 e. The van der Waals surface area contributed by atoms with Crippen molar-refractivity contribution in [1.82, 2.24) is 10.2 Å². The van der Waals surface area contributed by atoms with Crippen molar-refractivity contribution in [1.29, 1.82) is 0 Å². The molecule has 3 rings (SSSR count). The van der Waals surface area contributed by atoms with Crippen molar-refractivity contribution in [2.75, 3.05) is 18.9 Å². The zero-order valence-corrected chi connectivity index (χ0v) is 10.6. The van der Waals surface area contributed by atoms with E-state index in [1.165, 1.54) is 0 Å². The molecule has 1 aliphatic rings. The largest absolute Gasteiger partial charge is 0.490 e. The molecule has 2 aromatic rings. The van der Waals surface area contributed by atoms with Crippen LogP contribution in [0.2, 0.25) is 0 Å². The third kappa shape index (κ3) is 2.56. The van der Waals surface area contributed by atoms with Gasteiger partial charge in [-0.2, -0.15) is 5.10 Å². The first-order valence-electron chi connectivity index (χ1n) is 6.47. The van der Waals surface area contributed by atoms with Gasteiger partial charge in [0.25, 0.3) is 0 Å². The van der Waals surface area contributed by atoms with E-state index in [4.69, 9.17) is 15.2 Å². The summed E-state index contributed by atoms with van der Waals surface area (Å²) in [6.07, 6.45) is 3.79. The van der Waals surface area contributed by atoms with E-state index in [9.17, 15) is 0 Å². The van der Waals surface area contributed by atoms with Crippen LogP contribution < -0.4 is 10.5 Å². The maximum absolute atomic E-state index is 6.09. The predicted octanol–water partition coefficient (Wildman–Crippen LogP) is 2.22. The fourth-order valence-corrected chi connectivity index (χ4v) is 2.28. The molecule has 1 aliphatic heterocycles. The van der Waals surface area contributed by atoms with Gasteiger partial charge in [-0.05, 0) is 6.07 Å². The number of benzene rings is 1. The molecule has 0 amide bonds. The number of anilines is 1. The Morgan fingerprint density at radius 3 is 2.74 bits per heavy atom. The van der Waals surface area contributed by atoms with Crippen LogP contribution in [0.25, 0.3) is 11.1 Å². The predicted molar refractivity (Wildman–Crippen MR) is 72.9 cm³/mol. The normalized spacial score (nSPS) is 16.4. The fourth-order valence-electron chi connectivity index (χ4n) is 2.28. The molecule has 0 unspecified atom stereocenters. The number of aromatic amines is 1. The van der Waals surface area contributed by atoms with Crippen LogP contribution in [0.4, 0.5) is 5.82 Å². The number of rotatable bonds is 3. The van der Waals surface area contributed by atoms with Crippen LogP contribution in [0.3, 0.4) is 0 Å². The van der Waals surface area contributed by atoms with Gasteiger partial charge in [-0.3, -0.25) is 5.10 Å². The van der Waals surface area contributed by atoms with Crippen molar-refractivity contribution < 1.29 is 9.47 Å². The highest BCUT2D eigenvalue weighted by Gasteiger charge is 2.18. The second-order valence-electron chi connectivity index (χ2n) is 4.62. The van der Waals surface area contributed by atoms with Crippen LogP contribution in [-0.4, -0.2) is 29.5 Å². The van der Waals surface area contributed by atoms with Crippen LogP contribution in [-0.2, 0) is 4.74 Å². The monoisotopic (exact) mass is 259 g/mol. The number of ether oxygens (including phenoxy) is 2. The lowest BCUT2D eigenvalue weighted by Crippen LogP contribution is -2.26. The summed E-state index contributed by atoms with van der Waals surface area (Å²) in [5.41, 5.74) is 7.73. The molecule has 0 radical (unpaired) electrons. The Bertz CT molecular complexity index is 547. The highest BCUT2D eigenvalue weighted by molar-refractivity contribution is 5.77. The van der Waals surface area contributed by atoms with E-state index in [2.05, 4.69) is 10.2 Å². The van der Waals surface area contributed by atoms with Crippen molar-refractivity contribution in [3.63, 3.8) is 0 Å². The molecule has 5 nitrogen and oxygen atoms in total. The fraction of sp³-hybridized carbons (Fsp3) is 0.357. The Labute approximate surface area is 111 Å². The van der Waals surface area contributed by atoms with E-state index in [1.807, 2.05) is 24.3 Å². The van der Waals surface area contributed by atoms with Crippen LogP contribution in [0, 0.1) is 0 Å². The molecule has 0 atom stereocenters. The molecule has 5 heteroatoms. The topological polar surface area (TPSA) is 73.2 Å². The molecule has 0 spiro atoms. The van der Waals surface area contributed by atoms with E-state index in [1.54, 1.807) is 6.20 Å². The first kappa shape index (κ1) is 12.0. The highest BCUT2D eigenvalue weighted by atomic mass is 16.5. The van der Waals surface area contributed by atoms with Crippen molar-refractivity contribution in [2.45, 2.75) is 18.9 Å². The smallest absolute Gasteiger partial charge is 0.127 e. The number of hydrogen-bond acceptors (Lipinski definition) is 4. The molecular formula is C14H17N3O2. The number of para-hydroxylation sites is 1. The molecule has 1 aromatic heterocycles. The molecule has 1 fully saturated rings. The average molecular weight is 259 g/mol. The summed E-state index contributed by atoms with van der Waals surface area (Å²) in [5, 5.41) is 6.71. The van der Waals surface area contributed by atoms with Gasteiger partial charge in [0.15, 0.2) is 0 Å². The zero-order chi connectivity index (χ0) is 13.1. The first-order valence-corrected chi connectivity index (χ1v) is 6.47. The Balaban J connectivity index is 1.87. The van der Waals surface area contributed by atoms with Crippen molar-refractivity contribution in [2.24, 2.45) is 0 Å². The standard InChI is InChI=1S/C14H17N3O2/c15-14-12(9-16-17-14)11-3-1-2-4-13(11)19-10-5-7-18-8-6-10/h1-4,9-10H,5-8H2,(H3,15,16,17). The molecule has 19 heavy (non-hydrogen) atoms. The minimum absolute atomic E-state index is 0.211.